The van der Waals surface area contributed by atoms with Gasteiger partial charge in [-0.05, 0) is 61.7 Å². The second-order valence-corrected chi connectivity index (χ2v) is 9.02. The van der Waals surface area contributed by atoms with Gasteiger partial charge in [0.25, 0.3) is 15.9 Å². The van der Waals surface area contributed by atoms with Gasteiger partial charge in [-0.25, -0.2) is 8.42 Å². The summed E-state index contributed by atoms with van der Waals surface area (Å²) >= 11 is 0. The molecule has 1 amide bonds. The zero-order chi connectivity index (χ0) is 20.4. The first-order valence-corrected chi connectivity index (χ1v) is 11.0. The van der Waals surface area contributed by atoms with E-state index in [0.29, 0.717) is 23.5 Å². The van der Waals surface area contributed by atoms with Crippen molar-refractivity contribution in [2.75, 3.05) is 16.2 Å². The number of nitrogens with zero attached hydrogens (tertiary/aromatic N) is 1. The van der Waals surface area contributed by atoms with Crippen LogP contribution in [0.3, 0.4) is 0 Å². The minimum atomic E-state index is -3.76. The Bertz CT molecular complexity index is 1150. The molecular weight excluding hydrogens is 384 g/mol. The Hall–Kier alpha value is -3.12. The number of nitrogens with one attached hydrogen (secondary N) is 1. The molecule has 0 atom stereocenters. The molecule has 3 aromatic rings. The summed E-state index contributed by atoms with van der Waals surface area (Å²) in [6, 6.07) is 21.2. The SMILES string of the molecule is Cc1ccc(NC(=O)c2cccc(S(=O)(=O)N3CCCc4ccccc43)c2)cc1. The maximum atomic E-state index is 13.3. The smallest absolute Gasteiger partial charge is 0.264 e. The van der Waals surface area contributed by atoms with Gasteiger partial charge in [0.05, 0.1) is 10.6 Å². The zero-order valence-electron chi connectivity index (χ0n) is 16.1. The summed E-state index contributed by atoms with van der Waals surface area (Å²) < 4.78 is 28.1. The van der Waals surface area contributed by atoms with Crippen molar-refractivity contribution in [2.24, 2.45) is 0 Å². The van der Waals surface area contributed by atoms with Crippen LogP contribution in [0.2, 0.25) is 0 Å². The topological polar surface area (TPSA) is 66.5 Å². The minimum absolute atomic E-state index is 0.116. The van der Waals surface area contributed by atoms with E-state index in [2.05, 4.69) is 5.32 Å². The van der Waals surface area contributed by atoms with Crippen molar-refractivity contribution in [3.63, 3.8) is 0 Å². The van der Waals surface area contributed by atoms with Crippen molar-refractivity contribution in [1.29, 1.82) is 0 Å². The molecular formula is C23H22N2O3S. The summed E-state index contributed by atoms with van der Waals surface area (Å²) in [7, 11) is -3.76. The van der Waals surface area contributed by atoms with E-state index in [0.717, 1.165) is 24.0 Å². The van der Waals surface area contributed by atoms with Gasteiger partial charge < -0.3 is 5.32 Å². The molecule has 0 radical (unpaired) electrons. The first kappa shape index (κ1) is 19.2. The van der Waals surface area contributed by atoms with Crippen LogP contribution in [0.1, 0.15) is 27.9 Å². The molecule has 0 saturated heterocycles. The number of para-hydroxylation sites is 1. The Morgan fingerprint density at radius 1 is 0.966 bits per heavy atom. The predicted octanol–water partition coefficient (Wildman–Crippen LogP) is 4.39. The molecule has 0 fully saturated rings. The molecule has 0 aliphatic carbocycles. The van der Waals surface area contributed by atoms with Crippen LogP contribution in [-0.2, 0) is 16.4 Å². The van der Waals surface area contributed by atoms with Crippen molar-refractivity contribution in [3.8, 4) is 0 Å². The Morgan fingerprint density at radius 2 is 1.72 bits per heavy atom. The van der Waals surface area contributed by atoms with E-state index < -0.39 is 10.0 Å². The highest BCUT2D eigenvalue weighted by atomic mass is 32.2. The van der Waals surface area contributed by atoms with E-state index in [1.165, 1.54) is 16.4 Å². The van der Waals surface area contributed by atoms with Gasteiger partial charge in [-0.1, -0.05) is 42.0 Å². The average molecular weight is 407 g/mol. The van der Waals surface area contributed by atoms with Gasteiger partial charge in [0.2, 0.25) is 0 Å². The molecule has 1 N–H and O–H groups in total. The number of carbonyl (C=O) groups is 1. The number of benzene rings is 3. The predicted molar refractivity (Wildman–Crippen MR) is 115 cm³/mol. The van der Waals surface area contributed by atoms with Crippen LogP contribution in [0.25, 0.3) is 0 Å². The van der Waals surface area contributed by atoms with Gasteiger partial charge in [-0.2, -0.15) is 0 Å². The van der Waals surface area contributed by atoms with Crippen LogP contribution in [0.5, 0.6) is 0 Å². The lowest BCUT2D eigenvalue weighted by molar-refractivity contribution is 0.102. The summed E-state index contributed by atoms with van der Waals surface area (Å²) in [4.78, 5) is 12.7. The van der Waals surface area contributed by atoms with E-state index in [-0.39, 0.29) is 10.8 Å². The number of sulfonamides is 1. The Morgan fingerprint density at radius 3 is 2.52 bits per heavy atom. The third-order valence-electron chi connectivity index (χ3n) is 5.06. The van der Waals surface area contributed by atoms with E-state index in [9.17, 15) is 13.2 Å². The first-order valence-electron chi connectivity index (χ1n) is 9.54. The monoisotopic (exact) mass is 406 g/mol. The largest absolute Gasteiger partial charge is 0.322 e. The van der Waals surface area contributed by atoms with E-state index >= 15 is 0 Å². The number of hydrogen-bond donors (Lipinski definition) is 1. The molecule has 0 aromatic heterocycles. The molecule has 1 aliphatic heterocycles. The van der Waals surface area contributed by atoms with E-state index in [1.807, 2.05) is 55.5 Å². The summed E-state index contributed by atoms with van der Waals surface area (Å²) in [5.41, 5.74) is 3.80. The van der Waals surface area contributed by atoms with Crippen LogP contribution < -0.4 is 9.62 Å². The third kappa shape index (κ3) is 3.89. The lowest BCUT2D eigenvalue weighted by Gasteiger charge is -2.30. The van der Waals surface area contributed by atoms with Gasteiger partial charge in [0, 0.05) is 17.8 Å². The third-order valence-corrected chi connectivity index (χ3v) is 6.87. The van der Waals surface area contributed by atoms with Crippen molar-refractivity contribution in [1.82, 2.24) is 0 Å². The highest BCUT2D eigenvalue weighted by Gasteiger charge is 2.29. The van der Waals surface area contributed by atoms with Gasteiger partial charge >= 0.3 is 0 Å². The Kier molecular flexibility index (Phi) is 5.11. The van der Waals surface area contributed by atoms with Crippen molar-refractivity contribution < 1.29 is 13.2 Å². The lowest BCUT2D eigenvalue weighted by Crippen LogP contribution is -2.35. The summed E-state index contributed by atoms with van der Waals surface area (Å²) in [5, 5.41) is 2.81. The molecule has 1 heterocycles. The Labute approximate surface area is 171 Å². The standard InChI is InChI=1S/C23H22N2O3S/c1-17-11-13-20(14-12-17)24-23(26)19-7-4-9-21(16-19)29(27,28)25-15-5-8-18-6-2-3-10-22(18)25/h2-4,6-7,9-14,16H,5,8,15H2,1H3,(H,24,26). The number of aryl methyl sites for hydroxylation is 2. The lowest BCUT2D eigenvalue weighted by atomic mass is 10.0. The van der Waals surface area contributed by atoms with Crippen molar-refractivity contribution in [3.05, 3.63) is 89.5 Å². The maximum absolute atomic E-state index is 13.3. The molecule has 5 nitrogen and oxygen atoms in total. The van der Waals surface area contributed by atoms with Crippen molar-refractivity contribution in [2.45, 2.75) is 24.7 Å². The molecule has 0 spiro atoms. The number of fused-ring (bicyclic) bond motifs is 1. The Balaban J connectivity index is 1.63. The highest BCUT2D eigenvalue weighted by molar-refractivity contribution is 7.92. The molecule has 29 heavy (non-hydrogen) atoms. The molecule has 1 aliphatic rings. The number of rotatable bonds is 4. The number of hydrogen-bond acceptors (Lipinski definition) is 3. The molecule has 0 bridgehead atoms. The van der Waals surface area contributed by atoms with Crippen LogP contribution in [-0.4, -0.2) is 20.9 Å². The van der Waals surface area contributed by atoms with Crippen molar-refractivity contribution >= 4 is 27.3 Å². The van der Waals surface area contributed by atoms with Gasteiger partial charge in [0.15, 0.2) is 0 Å². The fraction of sp³-hybridized carbons (Fsp3) is 0.174. The normalized spacial score (nSPS) is 13.6. The molecule has 3 aromatic carbocycles. The van der Waals surface area contributed by atoms with E-state index in [4.69, 9.17) is 0 Å². The molecule has 0 saturated carbocycles. The van der Waals surface area contributed by atoms with Crippen LogP contribution in [0.15, 0.2) is 77.7 Å². The summed E-state index contributed by atoms with van der Waals surface area (Å²) in [6.45, 7) is 2.40. The van der Waals surface area contributed by atoms with Crippen LogP contribution >= 0.6 is 0 Å². The number of amides is 1. The average Bonchev–Trinajstić information content (AvgIpc) is 2.75. The maximum Gasteiger partial charge on any atom is 0.264 e. The molecule has 148 valence electrons. The summed E-state index contributed by atoms with van der Waals surface area (Å²) in [5.74, 6) is -0.343. The quantitative estimate of drug-likeness (QED) is 0.699. The van der Waals surface area contributed by atoms with Crippen LogP contribution in [0.4, 0.5) is 11.4 Å². The number of anilines is 2. The van der Waals surface area contributed by atoms with E-state index in [1.54, 1.807) is 12.1 Å². The van der Waals surface area contributed by atoms with Gasteiger partial charge in [0.1, 0.15) is 0 Å². The molecule has 0 unspecified atom stereocenters. The molecule has 4 rings (SSSR count). The second-order valence-electron chi connectivity index (χ2n) is 7.16. The van der Waals surface area contributed by atoms with Gasteiger partial charge in [-0.3, -0.25) is 9.10 Å². The number of carbonyl (C=O) groups excluding carboxylic acids is 1. The highest BCUT2D eigenvalue weighted by Crippen LogP contribution is 2.32. The van der Waals surface area contributed by atoms with Gasteiger partial charge in [-0.15, -0.1) is 0 Å². The fourth-order valence-electron chi connectivity index (χ4n) is 3.51. The second kappa shape index (κ2) is 7.72. The fourth-order valence-corrected chi connectivity index (χ4v) is 5.10. The minimum Gasteiger partial charge on any atom is -0.322 e. The first-order chi connectivity index (χ1) is 13.9. The summed E-state index contributed by atoms with van der Waals surface area (Å²) in [6.07, 6.45) is 1.63. The zero-order valence-corrected chi connectivity index (χ0v) is 16.9. The van der Waals surface area contributed by atoms with Crippen LogP contribution in [0, 0.1) is 6.92 Å². The molecule has 6 heteroatoms.